The van der Waals surface area contributed by atoms with Crippen LogP contribution in [-0.4, -0.2) is 274 Å². The number of unbranched alkanes of at least 4 members (excludes halogenated alkanes) is 1. The quantitative estimate of drug-likeness (QED) is 0.0604. The second-order valence-electron chi connectivity index (χ2n) is 34.3. The molecule has 2 saturated heterocycles. The topological polar surface area (TPSA) is 358 Å². The summed E-state index contributed by atoms with van der Waals surface area (Å²) < 4.78 is 6.27. The van der Waals surface area contributed by atoms with Crippen LogP contribution in [0.2, 0.25) is 0 Å². The molecule has 2 aliphatic heterocycles. The van der Waals surface area contributed by atoms with Crippen molar-refractivity contribution in [1.82, 2.24) is 65.9 Å². The van der Waals surface area contributed by atoms with Gasteiger partial charge in [-0.2, -0.15) is 0 Å². The van der Waals surface area contributed by atoms with Crippen LogP contribution >= 0.6 is 0 Å². The van der Waals surface area contributed by atoms with Gasteiger partial charge < -0.3 is 70.7 Å². The molecule has 11 atom stereocenters. The molecule has 29 nitrogen and oxygen atoms in total. The summed E-state index contributed by atoms with van der Waals surface area (Å²) in [6.45, 7) is 26.1. The first kappa shape index (κ1) is 93.4. The van der Waals surface area contributed by atoms with Gasteiger partial charge in [-0.05, 0) is 153 Å². The molecule has 2 heterocycles. The van der Waals surface area contributed by atoms with Crippen LogP contribution in [0.5, 0.6) is 0 Å². The number of rotatable bonds is 20. The predicted octanol–water partition coefficient (Wildman–Crippen LogP) is 5.25. The Kier molecular flexibility index (Phi) is 37.7. The SMILES string of the molecule is CCCCN1CC(=O)N(C)[C@@H](CC(C)C)C(=O)N[C@@H](COC(C)(C)C)C(=O)N(C)[C@@H](CC2CCCCC2)C(=O)N(C)[C@@H](CC(C)C)C(=O)N[C@H](C(=O)N2CCCCC2)CC(=O)N[C@H](C(C)C)C(=O)N(C)[C@@H](C(C)C)C(=O)N[C@@H](CC2CCC(C(=O)N(C)O)CC2)C(=O)N(C)[C@@H](CC(C)C)C(=O)N[C@@H]([C@@H](C)O)C1=O. The number of amides is 13. The fraction of sp³-hybridized carbons (Fsp3) is 0.835. The van der Waals surface area contributed by atoms with Crippen LogP contribution in [0.15, 0.2) is 0 Å². The Morgan fingerprint density at radius 3 is 1.51 bits per heavy atom. The summed E-state index contributed by atoms with van der Waals surface area (Å²) in [5, 5.41) is 36.5. The van der Waals surface area contributed by atoms with Crippen LogP contribution in [0.4, 0.5) is 0 Å². The fourth-order valence-corrected chi connectivity index (χ4v) is 15.4. The Morgan fingerprint density at radius 1 is 0.528 bits per heavy atom. The Bertz CT molecular complexity index is 3010. The molecule has 0 radical (unpaired) electrons. The third-order valence-corrected chi connectivity index (χ3v) is 21.9. The van der Waals surface area contributed by atoms with E-state index < -0.39 is 180 Å². The number of aliphatic hydroxyl groups excluding tert-OH is 1. The Hall–Kier alpha value is -7.01. The number of hydrogen-bond donors (Lipinski definition) is 7. The van der Waals surface area contributed by atoms with E-state index >= 15 is 43.2 Å². The summed E-state index contributed by atoms with van der Waals surface area (Å²) >= 11 is 0. The largest absolute Gasteiger partial charge is 0.391 e. The van der Waals surface area contributed by atoms with Gasteiger partial charge in [0.05, 0.1) is 31.3 Å². The average molecular weight is 1530 g/mol. The zero-order valence-electron chi connectivity index (χ0n) is 69.3. The third kappa shape index (κ3) is 27.8. The zero-order valence-corrected chi connectivity index (χ0v) is 69.3. The number of likely N-dealkylation sites (N-methyl/N-ethyl adjacent to an activating group) is 5. The minimum Gasteiger partial charge on any atom is -0.391 e. The monoisotopic (exact) mass is 1530 g/mol. The Balaban J connectivity index is 2.02. The van der Waals surface area contributed by atoms with E-state index in [2.05, 4.69) is 26.6 Å². The number of carbonyl (C=O) groups is 13. The molecule has 4 rings (SSSR count). The summed E-state index contributed by atoms with van der Waals surface area (Å²) in [7, 11) is 8.43. The van der Waals surface area contributed by atoms with Gasteiger partial charge in [-0.15, -0.1) is 0 Å². The number of hydrogen-bond acceptors (Lipinski definition) is 16. The lowest BCUT2D eigenvalue weighted by Gasteiger charge is -2.39. The highest BCUT2D eigenvalue weighted by Gasteiger charge is 2.46. The lowest BCUT2D eigenvalue weighted by Crippen LogP contribution is -2.62. The van der Waals surface area contributed by atoms with E-state index in [1.165, 1.54) is 78.6 Å². The first-order valence-corrected chi connectivity index (χ1v) is 40.1. The van der Waals surface area contributed by atoms with Crippen molar-refractivity contribution in [2.45, 2.75) is 304 Å². The van der Waals surface area contributed by atoms with E-state index in [9.17, 15) is 29.5 Å². The fourth-order valence-electron chi connectivity index (χ4n) is 15.4. The van der Waals surface area contributed by atoms with Crippen molar-refractivity contribution in [2.24, 2.45) is 47.3 Å². The highest BCUT2D eigenvalue weighted by atomic mass is 16.5. The maximum absolute atomic E-state index is 15.7. The van der Waals surface area contributed by atoms with E-state index in [1.807, 2.05) is 48.5 Å². The molecule has 4 aliphatic rings. The summed E-state index contributed by atoms with van der Waals surface area (Å²) in [5.74, 6) is -11.9. The van der Waals surface area contributed by atoms with Crippen LogP contribution in [0.25, 0.3) is 0 Å². The first-order valence-electron chi connectivity index (χ1n) is 40.1. The van der Waals surface area contributed by atoms with Crippen LogP contribution < -0.4 is 26.6 Å². The number of carbonyl (C=O) groups excluding carboxylic acids is 13. The maximum Gasteiger partial charge on any atom is 0.248 e. The number of likely N-dealkylation sites (tertiary alicyclic amines) is 1. The van der Waals surface area contributed by atoms with E-state index in [4.69, 9.17) is 4.74 Å². The van der Waals surface area contributed by atoms with E-state index in [1.54, 1.807) is 53.4 Å². The molecule has 0 spiro atoms. The van der Waals surface area contributed by atoms with Crippen LogP contribution in [-0.2, 0) is 67.1 Å². The van der Waals surface area contributed by atoms with Crippen molar-refractivity contribution in [1.29, 1.82) is 0 Å². The molecule has 7 N–H and O–H groups in total. The van der Waals surface area contributed by atoms with Crippen LogP contribution in [0, 0.1) is 47.3 Å². The summed E-state index contributed by atoms with van der Waals surface area (Å²) in [6.07, 6.45) is 7.15. The molecule has 13 amide bonds. The average Bonchev–Trinajstić information content (AvgIpc) is 0.814. The van der Waals surface area contributed by atoms with Crippen molar-refractivity contribution < 1.29 is 77.4 Å². The van der Waals surface area contributed by atoms with E-state index in [0.717, 1.165) is 38.5 Å². The highest BCUT2D eigenvalue weighted by Crippen LogP contribution is 2.34. The van der Waals surface area contributed by atoms with Gasteiger partial charge in [0, 0.05) is 67.8 Å². The van der Waals surface area contributed by atoms with E-state index in [0.29, 0.717) is 69.5 Å². The molecule has 0 unspecified atom stereocenters. The zero-order chi connectivity index (χ0) is 81.5. The summed E-state index contributed by atoms with van der Waals surface area (Å²) in [4.78, 5) is 205. The lowest BCUT2D eigenvalue weighted by atomic mass is 9.78. The van der Waals surface area contributed by atoms with Gasteiger partial charge in [-0.25, -0.2) is 5.06 Å². The van der Waals surface area contributed by atoms with Crippen molar-refractivity contribution in [2.75, 3.05) is 75.1 Å². The van der Waals surface area contributed by atoms with E-state index in [-0.39, 0.29) is 74.8 Å². The highest BCUT2D eigenvalue weighted by molar-refractivity contribution is 6.00. The van der Waals surface area contributed by atoms with Crippen molar-refractivity contribution in [3.05, 3.63) is 0 Å². The van der Waals surface area contributed by atoms with Crippen LogP contribution in [0.1, 0.15) is 232 Å². The van der Waals surface area contributed by atoms with Gasteiger partial charge in [-0.3, -0.25) is 67.5 Å². The third-order valence-electron chi connectivity index (χ3n) is 21.9. The number of nitrogens with one attached hydrogen (secondary N) is 5. The molecule has 2 saturated carbocycles. The molecule has 2 aliphatic carbocycles. The van der Waals surface area contributed by atoms with Gasteiger partial charge in [-0.1, -0.05) is 115 Å². The number of hydroxylamine groups is 2. The Labute approximate surface area is 644 Å². The maximum atomic E-state index is 15.7. The molecular weight excluding hydrogens is 1390 g/mol. The smallest absolute Gasteiger partial charge is 0.248 e. The summed E-state index contributed by atoms with van der Waals surface area (Å²) in [5.41, 5.74) is -0.851. The van der Waals surface area contributed by atoms with Crippen molar-refractivity contribution in [3.63, 3.8) is 0 Å². The molecule has 0 aromatic carbocycles. The Morgan fingerprint density at radius 2 is 1.01 bits per heavy atom. The normalized spacial score (nSPS) is 27.5. The van der Waals surface area contributed by atoms with Gasteiger partial charge >= 0.3 is 0 Å². The standard InChI is InChI=1S/C79H139N13O16/c1-22-23-36-92-45-64(95)85(16)59(39-47(2)3)68(96)82-58(46-108-79(13,14)15)74(102)88(19)62(43-53-30-26-24-27-31-53)76(104)87(18)60(40-48(4)5)69(97)80-57(75(103)91-37-28-25-29-38-91)44-63(94)83-65(50(8)9)77(105)89(20)67(51(10)11)71(99)81-56(42-54-32-34-55(35-33-54)72(100)90(21)107)73(101)86(17)61(41-49(6)7)70(98)84-66(52(12)93)78(92)106/h47-62,65-67,93,107H,22-46H2,1-21H3,(H,80,97)(H,81,99)(H,82,96)(H,83,94)(H,84,98)/t52-,54?,55?,56+,57+,58+,59+,60+,61+,62+,65-,66+,67+/m1/s1. The molecule has 29 heteroatoms. The number of nitrogens with zero attached hydrogens (tertiary/aromatic N) is 8. The molecule has 0 bridgehead atoms. The lowest BCUT2D eigenvalue weighted by molar-refractivity contribution is -0.165. The first-order chi connectivity index (χ1) is 50.4. The number of aliphatic hydroxyl groups is 1. The summed E-state index contributed by atoms with van der Waals surface area (Å²) in [6, 6.07) is -13.7. The predicted molar refractivity (Wildman–Crippen MR) is 410 cm³/mol. The molecule has 616 valence electrons. The van der Waals surface area contributed by atoms with Gasteiger partial charge in [0.15, 0.2) is 0 Å². The van der Waals surface area contributed by atoms with Gasteiger partial charge in [0.1, 0.15) is 60.4 Å². The second-order valence-corrected chi connectivity index (χ2v) is 34.3. The van der Waals surface area contributed by atoms with Crippen LogP contribution in [0.3, 0.4) is 0 Å². The molecule has 0 aromatic heterocycles. The van der Waals surface area contributed by atoms with Gasteiger partial charge in [0.25, 0.3) is 0 Å². The molecule has 4 fully saturated rings. The number of piperidine rings is 1. The molecule has 0 aromatic rings. The van der Waals surface area contributed by atoms with Crippen molar-refractivity contribution in [3.8, 4) is 0 Å². The van der Waals surface area contributed by atoms with Crippen molar-refractivity contribution >= 4 is 76.8 Å². The molecule has 108 heavy (non-hydrogen) atoms. The number of ether oxygens (including phenoxy) is 1. The molecular formula is C79H139N13O16. The van der Waals surface area contributed by atoms with Gasteiger partial charge in [0.2, 0.25) is 76.8 Å². The minimum atomic E-state index is -1.68. The minimum absolute atomic E-state index is 0.0125. The second kappa shape index (κ2) is 43.6.